The molecule has 0 aromatic heterocycles. The lowest BCUT2D eigenvalue weighted by molar-refractivity contribution is -0.352. The van der Waals surface area contributed by atoms with Gasteiger partial charge in [0.05, 0.1) is 18.7 Å². The van der Waals surface area contributed by atoms with Crippen molar-refractivity contribution in [2.75, 3.05) is 6.61 Å². The number of fused-ring (bicyclic) bond motifs is 1. The Kier molecular flexibility index (Phi) is 10.8. The monoisotopic (exact) mass is 615 g/mol. The Morgan fingerprint density at radius 2 is 1.34 bits per heavy atom. The maximum absolute atomic E-state index is 12.2. The summed E-state index contributed by atoms with van der Waals surface area (Å²) in [6.45, 7) is 3.29. The minimum atomic E-state index is -1.51. The predicted octanol–water partition coefficient (Wildman–Crippen LogP) is 3.45. The van der Waals surface area contributed by atoms with Crippen LogP contribution in [0.25, 0.3) is 31.3 Å². The molecule has 0 radical (unpaired) electrons. The SMILES string of the molecule is CC(=O)OC1C(N=[N+]=[N-])CC(N=[N+]=[N-])[C@@H](O[C@H]2OC3COC(c4ccccc4)O[C@H]3C(OC(C)=O)C2N=[N+]=[N-])C1OC(C)=O. The van der Waals surface area contributed by atoms with Gasteiger partial charge in [-0.3, -0.25) is 14.4 Å². The van der Waals surface area contributed by atoms with E-state index in [-0.39, 0.29) is 13.0 Å². The number of benzene rings is 1. The minimum Gasteiger partial charge on any atom is -0.459 e. The van der Waals surface area contributed by atoms with Gasteiger partial charge in [0.25, 0.3) is 0 Å². The molecule has 44 heavy (non-hydrogen) atoms. The number of hydrogen-bond acceptors (Lipinski definition) is 13. The van der Waals surface area contributed by atoms with Gasteiger partial charge in [-0.25, -0.2) is 0 Å². The van der Waals surface area contributed by atoms with Crippen molar-refractivity contribution in [2.45, 2.75) is 94.5 Å². The maximum Gasteiger partial charge on any atom is 0.303 e. The Hall–Kier alpha value is -4.60. The topological polar surface area (TPSA) is 262 Å². The molecule has 2 aliphatic heterocycles. The van der Waals surface area contributed by atoms with E-state index in [4.69, 9.17) is 38.7 Å². The van der Waals surface area contributed by atoms with E-state index < -0.39 is 85.2 Å². The third kappa shape index (κ3) is 7.48. The lowest BCUT2D eigenvalue weighted by Crippen LogP contribution is -2.65. The Bertz CT molecular complexity index is 1370. The van der Waals surface area contributed by atoms with Crippen molar-refractivity contribution in [1.29, 1.82) is 0 Å². The van der Waals surface area contributed by atoms with Gasteiger partial charge in [-0.05, 0) is 23.0 Å². The van der Waals surface area contributed by atoms with E-state index in [1.807, 2.05) is 6.07 Å². The van der Waals surface area contributed by atoms with Gasteiger partial charge in [0.1, 0.15) is 36.6 Å². The van der Waals surface area contributed by atoms with E-state index in [1.165, 1.54) is 0 Å². The third-order valence-corrected chi connectivity index (χ3v) is 7.05. The minimum absolute atomic E-state index is 0.0578. The van der Waals surface area contributed by atoms with Gasteiger partial charge in [-0.2, -0.15) is 0 Å². The number of rotatable bonds is 9. The van der Waals surface area contributed by atoms with Crippen LogP contribution >= 0.6 is 0 Å². The van der Waals surface area contributed by atoms with Crippen LogP contribution < -0.4 is 0 Å². The quantitative estimate of drug-likeness (QED) is 0.128. The number of ether oxygens (including phenoxy) is 7. The number of carbonyl (C=O) groups is 3. The van der Waals surface area contributed by atoms with Crippen molar-refractivity contribution in [3.05, 3.63) is 67.2 Å². The average Bonchev–Trinajstić information content (AvgIpc) is 2.98. The second-order valence-electron chi connectivity index (χ2n) is 10.0. The molecule has 1 aromatic rings. The first-order valence-corrected chi connectivity index (χ1v) is 13.4. The van der Waals surface area contributed by atoms with Crippen LogP contribution in [-0.4, -0.2) is 85.6 Å². The molecule has 19 heteroatoms. The third-order valence-electron chi connectivity index (χ3n) is 7.05. The molecule has 1 aliphatic carbocycles. The van der Waals surface area contributed by atoms with Crippen LogP contribution in [0.5, 0.6) is 0 Å². The summed E-state index contributed by atoms with van der Waals surface area (Å²) in [5.41, 5.74) is 28.6. The summed E-state index contributed by atoms with van der Waals surface area (Å²) in [6, 6.07) is 5.32. The molecule has 1 saturated carbocycles. The van der Waals surface area contributed by atoms with E-state index in [9.17, 15) is 25.4 Å². The van der Waals surface area contributed by atoms with Crippen molar-refractivity contribution >= 4 is 17.9 Å². The number of esters is 3. The molecular weight excluding hydrogens is 586 g/mol. The fourth-order valence-electron chi connectivity index (χ4n) is 5.44. The summed E-state index contributed by atoms with van der Waals surface area (Å²) in [5.74, 6) is -2.32. The summed E-state index contributed by atoms with van der Waals surface area (Å²) < 4.78 is 40.8. The average molecular weight is 616 g/mol. The largest absolute Gasteiger partial charge is 0.459 e. The van der Waals surface area contributed by atoms with Crippen molar-refractivity contribution in [1.82, 2.24) is 0 Å². The second-order valence-corrected chi connectivity index (χ2v) is 10.0. The Morgan fingerprint density at radius 3 is 1.93 bits per heavy atom. The molecule has 11 atom stereocenters. The highest BCUT2D eigenvalue weighted by Crippen LogP contribution is 2.39. The molecule has 3 fully saturated rings. The second kappa shape index (κ2) is 14.7. The number of hydrogen-bond donors (Lipinski definition) is 0. The van der Waals surface area contributed by atoms with Crippen LogP contribution in [0.15, 0.2) is 45.7 Å². The van der Waals surface area contributed by atoms with Crippen LogP contribution in [0, 0.1) is 0 Å². The van der Waals surface area contributed by atoms with Gasteiger partial charge < -0.3 is 33.2 Å². The molecule has 0 spiro atoms. The Morgan fingerprint density at radius 1 is 0.773 bits per heavy atom. The van der Waals surface area contributed by atoms with Gasteiger partial charge in [-0.15, -0.1) is 0 Å². The van der Waals surface area contributed by atoms with Crippen LogP contribution in [0.2, 0.25) is 0 Å². The first kappa shape index (κ1) is 32.3. The molecule has 0 N–H and O–H groups in total. The zero-order valence-corrected chi connectivity index (χ0v) is 23.8. The fraction of sp³-hybridized carbons (Fsp3) is 0.640. The van der Waals surface area contributed by atoms with Crippen molar-refractivity contribution in [2.24, 2.45) is 15.3 Å². The van der Waals surface area contributed by atoms with Gasteiger partial charge in [0.15, 0.2) is 18.7 Å². The standard InChI is InChI=1S/C25H29N9O10/c1-11(35)39-19-15(29-32-26)9-16(30-33-27)20(23(19)41-13(3)37)43-25-18(31-34-28)22(40-12(2)36)21-17(42-25)10-38-24(44-21)14-7-5-4-6-8-14/h4-8,15-25H,9-10H2,1-3H3/t15?,16?,17?,18?,19?,20-,21-,22?,23?,24?,25-/m1/s1. The van der Waals surface area contributed by atoms with Crippen LogP contribution in [0.4, 0.5) is 0 Å². The molecule has 19 nitrogen and oxygen atoms in total. The zero-order chi connectivity index (χ0) is 31.8. The van der Waals surface area contributed by atoms with Gasteiger partial charge in [0.2, 0.25) is 0 Å². The van der Waals surface area contributed by atoms with E-state index in [2.05, 4.69) is 30.1 Å². The van der Waals surface area contributed by atoms with E-state index in [1.54, 1.807) is 24.3 Å². The highest BCUT2D eigenvalue weighted by atomic mass is 16.8. The Labute approximate surface area is 249 Å². The molecule has 3 aliphatic rings. The highest BCUT2D eigenvalue weighted by molar-refractivity contribution is 5.67. The van der Waals surface area contributed by atoms with Crippen molar-refractivity contribution in [3.8, 4) is 0 Å². The summed E-state index contributed by atoms with van der Waals surface area (Å²) >= 11 is 0. The molecule has 8 unspecified atom stereocenters. The molecule has 1 aromatic carbocycles. The highest BCUT2D eigenvalue weighted by Gasteiger charge is 2.55. The zero-order valence-electron chi connectivity index (χ0n) is 23.8. The lowest BCUT2D eigenvalue weighted by atomic mass is 9.84. The summed E-state index contributed by atoms with van der Waals surface area (Å²) in [6.07, 6.45) is -9.89. The van der Waals surface area contributed by atoms with Gasteiger partial charge >= 0.3 is 17.9 Å². The molecule has 0 bridgehead atoms. The number of nitrogens with zero attached hydrogens (tertiary/aromatic N) is 9. The normalized spacial score (nSPS) is 34.4. The molecule has 234 valence electrons. The first-order chi connectivity index (χ1) is 21.2. The predicted molar refractivity (Wildman–Crippen MR) is 144 cm³/mol. The smallest absolute Gasteiger partial charge is 0.303 e. The molecular formula is C25H29N9O10. The number of carbonyl (C=O) groups excluding carboxylic acids is 3. The van der Waals surface area contributed by atoms with E-state index in [0.29, 0.717) is 5.56 Å². The molecule has 4 rings (SSSR count). The van der Waals surface area contributed by atoms with E-state index in [0.717, 1.165) is 20.8 Å². The molecule has 2 saturated heterocycles. The van der Waals surface area contributed by atoms with Gasteiger partial charge in [-0.1, -0.05) is 45.7 Å². The lowest BCUT2D eigenvalue weighted by Gasteiger charge is -2.50. The molecule has 0 amide bonds. The molecule has 2 heterocycles. The Balaban J connectivity index is 1.71. The first-order valence-electron chi connectivity index (χ1n) is 13.4. The number of azide groups is 3. The summed E-state index contributed by atoms with van der Waals surface area (Å²) in [7, 11) is 0. The van der Waals surface area contributed by atoms with Crippen LogP contribution in [-0.2, 0) is 47.5 Å². The van der Waals surface area contributed by atoms with Crippen molar-refractivity contribution < 1.29 is 47.5 Å². The summed E-state index contributed by atoms with van der Waals surface area (Å²) in [4.78, 5) is 44.9. The van der Waals surface area contributed by atoms with Crippen LogP contribution in [0.3, 0.4) is 0 Å². The van der Waals surface area contributed by atoms with Crippen molar-refractivity contribution in [3.63, 3.8) is 0 Å². The fourth-order valence-corrected chi connectivity index (χ4v) is 5.44. The van der Waals surface area contributed by atoms with Gasteiger partial charge in [0, 0.05) is 41.1 Å². The van der Waals surface area contributed by atoms with Crippen LogP contribution in [0.1, 0.15) is 39.0 Å². The van der Waals surface area contributed by atoms with E-state index >= 15 is 0 Å². The summed E-state index contributed by atoms with van der Waals surface area (Å²) in [5, 5.41) is 11.2. The maximum atomic E-state index is 12.2.